The van der Waals surface area contributed by atoms with E-state index in [0.717, 1.165) is 40.1 Å². The van der Waals surface area contributed by atoms with Crippen molar-refractivity contribution in [3.05, 3.63) is 58.0 Å². The first kappa shape index (κ1) is 17.9. The lowest BCUT2D eigenvalue weighted by Gasteiger charge is -2.25. The maximum atomic E-state index is 10.4. The normalized spacial score (nSPS) is 19.1. The molecule has 26 heavy (non-hydrogen) atoms. The zero-order valence-electron chi connectivity index (χ0n) is 14.3. The molecule has 1 fully saturated rings. The topological polar surface area (TPSA) is 45.6 Å². The molecular formula is C20H21BrN2O2S. The highest BCUT2D eigenvalue weighted by atomic mass is 79.9. The third-order valence-corrected chi connectivity index (χ3v) is 6.33. The van der Waals surface area contributed by atoms with E-state index in [1.807, 2.05) is 30.3 Å². The summed E-state index contributed by atoms with van der Waals surface area (Å²) >= 11 is 5.18. The molecule has 2 atom stereocenters. The molecule has 0 saturated carbocycles. The number of benzene rings is 2. The standard InChI is InChI=1S/C20H21BrN2O2S/c21-14-7-9-16(10-8-14)25-13-15(24)12-23-11-3-5-18(23)20-22-17-4-1-2-6-19(17)26-20/h1-2,4,6-10,15,18,24H,3,5,11-13H2/t15-,18+/m1/s1. The molecule has 4 nitrogen and oxygen atoms in total. The van der Waals surface area contributed by atoms with Crippen LogP contribution in [0.3, 0.4) is 0 Å². The summed E-state index contributed by atoms with van der Waals surface area (Å²) in [5.74, 6) is 0.774. The van der Waals surface area contributed by atoms with Crippen molar-refractivity contribution >= 4 is 37.5 Å². The smallest absolute Gasteiger partial charge is 0.119 e. The molecule has 0 unspecified atom stereocenters. The zero-order chi connectivity index (χ0) is 17.9. The summed E-state index contributed by atoms with van der Waals surface area (Å²) in [4.78, 5) is 7.15. The van der Waals surface area contributed by atoms with Crippen molar-refractivity contribution in [2.75, 3.05) is 19.7 Å². The van der Waals surface area contributed by atoms with Gasteiger partial charge in [-0.05, 0) is 55.8 Å². The first-order valence-electron chi connectivity index (χ1n) is 8.85. The average Bonchev–Trinajstić information content (AvgIpc) is 3.27. The number of rotatable bonds is 6. The number of hydrogen-bond acceptors (Lipinski definition) is 5. The third kappa shape index (κ3) is 4.09. The van der Waals surface area contributed by atoms with Gasteiger partial charge >= 0.3 is 0 Å². The number of halogens is 1. The third-order valence-electron chi connectivity index (χ3n) is 4.66. The lowest BCUT2D eigenvalue weighted by Crippen LogP contribution is -2.35. The minimum absolute atomic E-state index is 0.296. The van der Waals surface area contributed by atoms with Gasteiger partial charge in [-0.25, -0.2) is 4.98 Å². The number of fused-ring (bicyclic) bond motifs is 1. The Morgan fingerprint density at radius 3 is 2.85 bits per heavy atom. The van der Waals surface area contributed by atoms with Gasteiger partial charge in [0.1, 0.15) is 23.5 Å². The van der Waals surface area contributed by atoms with Gasteiger partial charge < -0.3 is 9.84 Å². The maximum Gasteiger partial charge on any atom is 0.119 e. The monoisotopic (exact) mass is 432 g/mol. The SMILES string of the molecule is O[C@@H](COc1ccc(Br)cc1)CN1CCC[C@H]1c1nc2ccccc2s1. The number of para-hydroxylation sites is 1. The number of likely N-dealkylation sites (tertiary alicyclic amines) is 1. The lowest BCUT2D eigenvalue weighted by atomic mass is 10.2. The summed E-state index contributed by atoms with van der Waals surface area (Å²) in [7, 11) is 0. The summed E-state index contributed by atoms with van der Waals surface area (Å²) in [6, 6.07) is 16.2. The zero-order valence-corrected chi connectivity index (χ0v) is 16.7. The van der Waals surface area contributed by atoms with Crippen LogP contribution in [0.2, 0.25) is 0 Å². The molecule has 4 rings (SSSR count). The molecule has 0 amide bonds. The fourth-order valence-corrected chi connectivity index (χ4v) is 4.80. The van der Waals surface area contributed by atoms with Gasteiger partial charge in [0.2, 0.25) is 0 Å². The highest BCUT2D eigenvalue weighted by Gasteiger charge is 2.30. The van der Waals surface area contributed by atoms with Crippen LogP contribution in [0, 0.1) is 0 Å². The Bertz CT molecular complexity index is 835. The molecule has 1 saturated heterocycles. The van der Waals surface area contributed by atoms with Crippen LogP contribution in [0.1, 0.15) is 23.9 Å². The van der Waals surface area contributed by atoms with Crippen LogP contribution in [0.15, 0.2) is 53.0 Å². The van der Waals surface area contributed by atoms with Crippen LogP contribution in [-0.2, 0) is 0 Å². The molecular weight excluding hydrogens is 412 g/mol. The number of aliphatic hydroxyl groups is 1. The maximum absolute atomic E-state index is 10.4. The van der Waals surface area contributed by atoms with Crippen LogP contribution < -0.4 is 4.74 Å². The summed E-state index contributed by atoms with van der Waals surface area (Å²) in [5, 5.41) is 11.6. The summed E-state index contributed by atoms with van der Waals surface area (Å²) in [6.07, 6.45) is 1.72. The van der Waals surface area contributed by atoms with Gasteiger partial charge in [-0.1, -0.05) is 28.1 Å². The fraction of sp³-hybridized carbons (Fsp3) is 0.350. The Labute approximate surface area is 165 Å². The predicted octanol–water partition coefficient (Wildman–Crippen LogP) is 4.64. The van der Waals surface area contributed by atoms with Gasteiger partial charge in [0, 0.05) is 11.0 Å². The second-order valence-corrected chi connectivity index (χ2v) is 8.57. The number of aliphatic hydroxyl groups excluding tert-OH is 1. The first-order valence-corrected chi connectivity index (χ1v) is 10.5. The van der Waals surface area contributed by atoms with Gasteiger partial charge in [0.15, 0.2) is 0 Å². The number of nitrogens with zero attached hydrogens (tertiary/aromatic N) is 2. The van der Waals surface area contributed by atoms with Crippen LogP contribution in [0.25, 0.3) is 10.2 Å². The van der Waals surface area contributed by atoms with Crippen molar-refractivity contribution in [1.29, 1.82) is 0 Å². The molecule has 6 heteroatoms. The van der Waals surface area contributed by atoms with Gasteiger partial charge in [-0.3, -0.25) is 4.90 Å². The first-order chi connectivity index (χ1) is 12.7. The van der Waals surface area contributed by atoms with E-state index in [4.69, 9.17) is 9.72 Å². The largest absolute Gasteiger partial charge is 0.491 e. The van der Waals surface area contributed by atoms with Crippen LogP contribution in [0.4, 0.5) is 0 Å². The van der Waals surface area contributed by atoms with Gasteiger partial charge in [-0.2, -0.15) is 0 Å². The molecule has 0 bridgehead atoms. The van der Waals surface area contributed by atoms with Gasteiger partial charge in [0.25, 0.3) is 0 Å². The van der Waals surface area contributed by atoms with E-state index in [1.165, 1.54) is 4.70 Å². The number of hydrogen-bond donors (Lipinski definition) is 1. The van der Waals surface area contributed by atoms with Crippen molar-refractivity contribution in [2.45, 2.75) is 25.0 Å². The van der Waals surface area contributed by atoms with Crippen molar-refractivity contribution in [2.24, 2.45) is 0 Å². The van der Waals surface area contributed by atoms with Crippen molar-refractivity contribution in [3.63, 3.8) is 0 Å². The molecule has 0 spiro atoms. The predicted molar refractivity (Wildman–Crippen MR) is 109 cm³/mol. The molecule has 2 aromatic carbocycles. The van der Waals surface area contributed by atoms with Gasteiger partial charge in [0.05, 0.1) is 16.3 Å². The van der Waals surface area contributed by atoms with E-state index >= 15 is 0 Å². The van der Waals surface area contributed by atoms with E-state index in [1.54, 1.807) is 11.3 Å². The minimum atomic E-state index is -0.520. The summed E-state index contributed by atoms with van der Waals surface area (Å²) in [5.41, 5.74) is 1.07. The van der Waals surface area contributed by atoms with Crippen LogP contribution in [-0.4, -0.2) is 40.8 Å². The molecule has 3 aromatic rings. The Hall–Kier alpha value is -1.47. The number of ether oxygens (including phenoxy) is 1. The molecule has 1 aliphatic heterocycles. The molecule has 1 aromatic heterocycles. The van der Waals surface area contributed by atoms with E-state index in [2.05, 4.69) is 39.0 Å². The lowest BCUT2D eigenvalue weighted by molar-refractivity contribution is 0.0638. The molecule has 1 aliphatic rings. The number of aromatic nitrogens is 1. The number of thiazole rings is 1. The molecule has 0 aliphatic carbocycles. The minimum Gasteiger partial charge on any atom is -0.491 e. The summed E-state index contributed by atoms with van der Waals surface area (Å²) < 4.78 is 7.96. The van der Waals surface area contributed by atoms with Crippen molar-refractivity contribution < 1.29 is 9.84 Å². The Morgan fingerprint density at radius 1 is 1.23 bits per heavy atom. The van der Waals surface area contributed by atoms with Crippen LogP contribution >= 0.6 is 27.3 Å². The van der Waals surface area contributed by atoms with Gasteiger partial charge in [-0.15, -0.1) is 11.3 Å². The molecule has 136 valence electrons. The van der Waals surface area contributed by atoms with Crippen molar-refractivity contribution in [1.82, 2.24) is 9.88 Å². The summed E-state index contributed by atoms with van der Waals surface area (Å²) in [6.45, 7) is 1.90. The second-order valence-electron chi connectivity index (χ2n) is 6.59. The highest BCUT2D eigenvalue weighted by molar-refractivity contribution is 9.10. The van der Waals surface area contributed by atoms with E-state index in [-0.39, 0.29) is 0 Å². The Morgan fingerprint density at radius 2 is 2.04 bits per heavy atom. The average molecular weight is 433 g/mol. The van der Waals surface area contributed by atoms with E-state index < -0.39 is 6.10 Å². The van der Waals surface area contributed by atoms with Crippen molar-refractivity contribution in [3.8, 4) is 5.75 Å². The van der Waals surface area contributed by atoms with Crippen LogP contribution in [0.5, 0.6) is 5.75 Å². The molecule has 2 heterocycles. The fourth-order valence-electron chi connectivity index (χ4n) is 3.40. The Kier molecular flexibility index (Phi) is 5.55. The van der Waals surface area contributed by atoms with E-state index in [9.17, 15) is 5.11 Å². The molecule has 0 radical (unpaired) electrons. The Balaban J connectivity index is 1.37. The quantitative estimate of drug-likeness (QED) is 0.616. The number of β-amino-alcohol motifs (C(OH)–C–C–N with tert-alkyl or cyclic N) is 1. The highest BCUT2D eigenvalue weighted by Crippen LogP contribution is 2.36. The van der Waals surface area contributed by atoms with E-state index in [0.29, 0.717) is 19.2 Å². The second kappa shape index (κ2) is 8.05. The molecule has 1 N–H and O–H groups in total.